The molecule has 0 aliphatic heterocycles. The molecule has 1 aromatic carbocycles. The molecule has 0 saturated heterocycles. The summed E-state index contributed by atoms with van der Waals surface area (Å²) in [5, 5.41) is 5.30. The van der Waals surface area contributed by atoms with Gasteiger partial charge in [-0.2, -0.15) is 13.2 Å². The number of amides is 2. The highest BCUT2D eigenvalue weighted by Crippen LogP contribution is 2.32. The predicted molar refractivity (Wildman–Crippen MR) is 85.4 cm³/mol. The molecule has 4 nitrogen and oxygen atoms in total. The van der Waals surface area contributed by atoms with Crippen molar-refractivity contribution >= 4 is 11.8 Å². The lowest BCUT2D eigenvalue weighted by atomic mass is 9.83. The smallest absolute Gasteiger partial charge is 0.355 e. The summed E-state index contributed by atoms with van der Waals surface area (Å²) >= 11 is 0. The third-order valence-electron chi connectivity index (χ3n) is 3.57. The molecule has 1 rings (SSSR count). The Morgan fingerprint density at radius 2 is 1.71 bits per heavy atom. The molecular formula is C17H23F3N2O2. The van der Waals surface area contributed by atoms with Crippen LogP contribution in [0.4, 0.5) is 13.2 Å². The van der Waals surface area contributed by atoms with Crippen molar-refractivity contribution in [2.24, 2.45) is 0 Å². The van der Waals surface area contributed by atoms with Crippen molar-refractivity contribution in [2.45, 2.75) is 51.7 Å². The SMILES string of the molecule is CC(C)NC(=O)CCNC(=O)C(C)(C)c1cccc(C(F)(F)F)c1. The molecule has 0 aliphatic rings. The van der Waals surface area contributed by atoms with E-state index in [9.17, 15) is 22.8 Å². The summed E-state index contributed by atoms with van der Waals surface area (Å²) in [5.41, 5.74) is -1.67. The molecule has 2 N–H and O–H groups in total. The van der Waals surface area contributed by atoms with Crippen LogP contribution >= 0.6 is 0 Å². The Kier molecular flexibility index (Phi) is 6.40. The topological polar surface area (TPSA) is 58.2 Å². The predicted octanol–water partition coefficient (Wildman–Crippen LogP) is 3.01. The van der Waals surface area contributed by atoms with Gasteiger partial charge in [-0.15, -0.1) is 0 Å². The molecule has 0 heterocycles. The maximum Gasteiger partial charge on any atom is 0.416 e. The number of hydrogen-bond donors (Lipinski definition) is 2. The summed E-state index contributed by atoms with van der Waals surface area (Å²) < 4.78 is 38.4. The van der Waals surface area contributed by atoms with Crippen molar-refractivity contribution in [1.29, 1.82) is 0 Å². The highest BCUT2D eigenvalue weighted by Gasteiger charge is 2.34. The number of rotatable bonds is 6. The summed E-state index contributed by atoms with van der Waals surface area (Å²) in [4.78, 5) is 23.8. The first kappa shape index (κ1) is 20.0. The second-order valence-electron chi connectivity index (χ2n) is 6.43. The molecule has 0 bridgehead atoms. The molecule has 2 amide bonds. The minimum Gasteiger partial charge on any atom is -0.355 e. The summed E-state index contributed by atoms with van der Waals surface area (Å²) in [6.45, 7) is 6.87. The van der Waals surface area contributed by atoms with Crippen LogP contribution in [0, 0.1) is 0 Å². The van der Waals surface area contributed by atoms with Crippen molar-refractivity contribution in [3.05, 3.63) is 35.4 Å². The molecule has 134 valence electrons. The number of halogens is 3. The molecular weight excluding hydrogens is 321 g/mol. The second kappa shape index (κ2) is 7.68. The van der Waals surface area contributed by atoms with Crippen LogP contribution in [-0.2, 0) is 21.2 Å². The molecule has 0 aromatic heterocycles. The van der Waals surface area contributed by atoms with Crippen molar-refractivity contribution in [1.82, 2.24) is 10.6 Å². The third kappa shape index (κ3) is 5.54. The van der Waals surface area contributed by atoms with Gasteiger partial charge < -0.3 is 10.6 Å². The monoisotopic (exact) mass is 344 g/mol. The van der Waals surface area contributed by atoms with E-state index >= 15 is 0 Å². The molecule has 24 heavy (non-hydrogen) atoms. The zero-order valence-electron chi connectivity index (χ0n) is 14.3. The van der Waals surface area contributed by atoms with E-state index in [1.807, 2.05) is 13.8 Å². The van der Waals surface area contributed by atoms with E-state index in [1.165, 1.54) is 12.1 Å². The Morgan fingerprint density at radius 3 is 2.25 bits per heavy atom. The summed E-state index contributed by atoms with van der Waals surface area (Å²) in [7, 11) is 0. The van der Waals surface area contributed by atoms with Crippen molar-refractivity contribution < 1.29 is 22.8 Å². The van der Waals surface area contributed by atoms with Crippen LogP contribution in [0.5, 0.6) is 0 Å². The van der Waals surface area contributed by atoms with E-state index in [1.54, 1.807) is 13.8 Å². The van der Waals surface area contributed by atoms with Gasteiger partial charge in [0.25, 0.3) is 0 Å². The molecule has 0 unspecified atom stereocenters. The lowest BCUT2D eigenvalue weighted by Gasteiger charge is -2.25. The van der Waals surface area contributed by atoms with Crippen LogP contribution in [0.15, 0.2) is 24.3 Å². The fourth-order valence-electron chi connectivity index (χ4n) is 2.12. The Morgan fingerprint density at radius 1 is 1.12 bits per heavy atom. The highest BCUT2D eigenvalue weighted by atomic mass is 19.4. The van der Waals surface area contributed by atoms with Gasteiger partial charge in [-0.25, -0.2) is 0 Å². The van der Waals surface area contributed by atoms with Crippen LogP contribution in [0.3, 0.4) is 0 Å². The van der Waals surface area contributed by atoms with Gasteiger partial charge in [0.05, 0.1) is 11.0 Å². The number of carbonyl (C=O) groups is 2. The normalized spacial score (nSPS) is 12.2. The number of nitrogens with one attached hydrogen (secondary N) is 2. The highest BCUT2D eigenvalue weighted by molar-refractivity contribution is 5.87. The molecule has 0 spiro atoms. The van der Waals surface area contributed by atoms with Crippen molar-refractivity contribution in [3.8, 4) is 0 Å². The van der Waals surface area contributed by atoms with Crippen LogP contribution in [0.2, 0.25) is 0 Å². The molecule has 0 fully saturated rings. The molecule has 0 atom stereocenters. The minimum absolute atomic E-state index is 0.00903. The van der Waals surface area contributed by atoms with Crippen LogP contribution in [-0.4, -0.2) is 24.4 Å². The van der Waals surface area contributed by atoms with Crippen molar-refractivity contribution in [3.63, 3.8) is 0 Å². The van der Waals surface area contributed by atoms with Gasteiger partial charge >= 0.3 is 6.18 Å². The fraction of sp³-hybridized carbons (Fsp3) is 0.529. The van der Waals surface area contributed by atoms with Crippen LogP contribution < -0.4 is 10.6 Å². The lowest BCUT2D eigenvalue weighted by molar-refractivity contribution is -0.138. The molecule has 0 saturated carbocycles. The van der Waals surface area contributed by atoms with Crippen molar-refractivity contribution in [2.75, 3.05) is 6.54 Å². The van der Waals surface area contributed by atoms with Gasteiger partial charge in [0.1, 0.15) is 0 Å². The zero-order chi connectivity index (χ0) is 18.5. The van der Waals surface area contributed by atoms with E-state index in [2.05, 4.69) is 10.6 Å². The average Bonchev–Trinajstić information content (AvgIpc) is 2.45. The average molecular weight is 344 g/mol. The van der Waals surface area contributed by atoms with E-state index in [-0.39, 0.29) is 30.5 Å². The number of hydrogen-bond acceptors (Lipinski definition) is 2. The fourth-order valence-corrected chi connectivity index (χ4v) is 2.12. The van der Waals surface area contributed by atoms with Gasteiger partial charge in [-0.05, 0) is 39.3 Å². The Balaban J connectivity index is 2.74. The zero-order valence-corrected chi connectivity index (χ0v) is 14.3. The van der Waals surface area contributed by atoms with Crippen LogP contribution in [0.1, 0.15) is 45.2 Å². The summed E-state index contributed by atoms with van der Waals surface area (Å²) in [6.07, 6.45) is -4.35. The minimum atomic E-state index is -4.46. The van der Waals surface area contributed by atoms with Gasteiger partial charge in [-0.3, -0.25) is 9.59 Å². The lowest BCUT2D eigenvalue weighted by Crippen LogP contribution is -2.42. The molecule has 0 aliphatic carbocycles. The first-order valence-corrected chi connectivity index (χ1v) is 7.70. The van der Waals surface area contributed by atoms with Gasteiger partial charge in [0.2, 0.25) is 11.8 Å². The Hall–Kier alpha value is -2.05. The second-order valence-corrected chi connectivity index (χ2v) is 6.43. The van der Waals surface area contributed by atoms with E-state index in [0.717, 1.165) is 12.1 Å². The summed E-state index contributed by atoms with van der Waals surface area (Å²) in [5.74, 6) is -0.624. The maximum absolute atomic E-state index is 12.8. The Bertz CT molecular complexity index is 596. The van der Waals surface area contributed by atoms with Gasteiger partial charge in [-0.1, -0.05) is 18.2 Å². The van der Waals surface area contributed by atoms with Gasteiger partial charge in [0, 0.05) is 19.0 Å². The molecule has 1 aromatic rings. The maximum atomic E-state index is 12.8. The number of carbonyl (C=O) groups excluding carboxylic acids is 2. The first-order valence-electron chi connectivity index (χ1n) is 7.70. The van der Waals surface area contributed by atoms with E-state index in [0.29, 0.717) is 0 Å². The molecule has 7 heteroatoms. The number of alkyl halides is 3. The first-order chi connectivity index (χ1) is 10.9. The Labute approximate surface area is 139 Å². The third-order valence-corrected chi connectivity index (χ3v) is 3.57. The van der Waals surface area contributed by atoms with E-state index < -0.39 is 23.1 Å². The molecule has 0 radical (unpaired) electrons. The largest absolute Gasteiger partial charge is 0.416 e. The van der Waals surface area contributed by atoms with Gasteiger partial charge in [0.15, 0.2) is 0 Å². The van der Waals surface area contributed by atoms with Crippen LogP contribution in [0.25, 0.3) is 0 Å². The number of benzene rings is 1. The standard InChI is InChI=1S/C17H23F3N2O2/c1-11(2)22-14(23)8-9-21-15(24)16(3,4)12-6-5-7-13(10-12)17(18,19)20/h5-7,10-11H,8-9H2,1-4H3,(H,21,24)(H,22,23). The quantitative estimate of drug-likeness (QED) is 0.833. The van der Waals surface area contributed by atoms with E-state index in [4.69, 9.17) is 0 Å². The summed E-state index contributed by atoms with van der Waals surface area (Å²) in [6, 6.07) is 4.72.